The number of benzene rings is 3. The van der Waals surface area contributed by atoms with Crippen molar-refractivity contribution in [3.05, 3.63) is 66.2 Å². The molecular weight excluding hydrogens is 364 g/mol. The van der Waals surface area contributed by atoms with Gasteiger partial charge in [-0.25, -0.2) is 13.1 Å². The lowest BCUT2D eigenvalue weighted by Gasteiger charge is -2.09. The van der Waals surface area contributed by atoms with Gasteiger partial charge in [-0.05, 0) is 58.8 Å². The number of carbonyl (C=O) groups is 1. The van der Waals surface area contributed by atoms with Crippen molar-refractivity contribution in [1.29, 1.82) is 0 Å². The Morgan fingerprint density at radius 2 is 1.63 bits per heavy atom. The molecule has 0 spiro atoms. The number of sulfonamides is 1. The van der Waals surface area contributed by atoms with Crippen molar-refractivity contribution < 1.29 is 17.9 Å². The highest BCUT2D eigenvalue weighted by Gasteiger charge is 2.14. The summed E-state index contributed by atoms with van der Waals surface area (Å²) in [7, 11) is -2.03. The first-order valence-corrected chi connectivity index (χ1v) is 9.80. The number of nitrogens with one attached hydrogen (secondary N) is 2. The number of fused-ring (bicyclic) bond motifs is 1. The summed E-state index contributed by atoms with van der Waals surface area (Å²) in [5, 5.41) is 4.63. The lowest BCUT2D eigenvalue weighted by atomic mass is 10.1. The monoisotopic (exact) mass is 384 g/mol. The van der Waals surface area contributed by atoms with Crippen molar-refractivity contribution in [1.82, 2.24) is 4.72 Å². The molecule has 0 fully saturated rings. The summed E-state index contributed by atoms with van der Waals surface area (Å²) < 4.78 is 32.7. The summed E-state index contributed by atoms with van der Waals surface area (Å²) in [6, 6.07) is 17.5. The van der Waals surface area contributed by atoms with Gasteiger partial charge in [-0.1, -0.05) is 18.2 Å². The maximum absolute atomic E-state index is 12.5. The van der Waals surface area contributed by atoms with Crippen LogP contribution in [-0.4, -0.2) is 21.4 Å². The van der Waals surface area contributed by atoms with Crippen LogP contribution in [0.2, 0.25) is 0 Å². The first-order chi connectivity index (χ1) is 12.9. The minimum absolute atomic E-state index is 0.141. The van der Waals surface area contributed by atoms with E-state index in [2.05, 4.69) is 10.0 Å². The smallest absolute Gasteiger partial charge is 0.240 e. The van der Waals surface area contributed by atoms with E-state index in [4.69, 9.17) is 4.74 Å². The highest BCUT2D eigenvalue weighted by molar-refractivity contribution is 7.89. The molecule has 7 heteroatoms. The second-order valence-electron chi connectivity index (χ2n) is 6.08. The molecule has 27 heavy (non-hydrogen) atoms. The standard InChI is InChI=1S/C20H20N2O4S/c1-14(23)22-18-6-9-20(10-7-18)27(24,25)21-13-15-3-4-17-12-19(26-2)8-5-16(17)11-15/h3-12,21H,13H2,1-2H3,(H,22,23). The minimum Gasteiger partial charge on any atom is -0.497 e. The summed E-state index contributed by atoms with van der Waals surface area (Å²) in [5.41, 5.74) is 1.40. The Morgan fingerprint density at radius 1 is 0.963 bits per heavy atom. The van der Waals surface area contributed by atoms with Crippen molar-refractivity contribution in [2.24, 2.45) is 0 Å². The third-order valence-corrected chi connectivity index (χ3v) is 5.48. The molecule has 3 aromatic carbocycles. The summed E-state index contributed by atoms with van der Waals surface area (Å²) >= 11 is 0. The molecule has 0 radical (unpaired) electrons. The molecule has 0 bridgehead atoms. The van der Waals surface area contributed by atoms with Gasteiger partial charge in [0.2, 0.25) is 15.9 Å². The molecule has 0 aliphatic carbocycles. The van der Waals surface area contributed by atoms with Crippen LogP contribution in [-0.2, 0) is 21.4 Å². The molecule has 3 rings (SSSR count). The molecule has 0 saturated carbocycles. The molecular formula is C20H20N2O4S. The Morgan fingerprint density at radius 3 is 2.30 bits per heavy atom. The SMILES string of the molecule is COc1ccc2cc(CNS(=O)(=O)c3ccc(NC(C)=O)cc3)ccc2c1. The fourth-order valence-corrected chi connectivity index (χ4v) is 3.71. The van der Waals surface area contributed by atoms with Gasteiger partial charge in [0.25, 0.3) is 0 Å². The van der Waals surface area contributed by atoms with Gasteiger partial charge in [-0.2, -0.15) is 0 Å². The first-order valence-electron chi connectivity index (χ1n) is 8.31. The van der Waals surface area contributed by atoms with Gasteiger partial charge in [-0.15, -0.1) is 0 Å². The number of hydrogen-bond donors (Lipinski definition) is 2. The fourth-order valence-electron chi connectivity index (χ4n) is 2.69. The van der Waals surface area contributed by atoms with Gasteiger partial charge in [0.15, 0.2) is 0 Å². The molecule has 0 aliphatic rings. The van der Waals surface area contributed by atoms with E-state index in [1.54, 1.807) is 19.2 Å². The number of rotatable bonds is 6. The molecule has 0 saturated heterocycles. The van der Waals surface area contributed by atoms with Gasteiger partial charge < -0.3 is 10.1 Å². The van der Waals surface area contributed by atoms with E-state index >= 15 is 0 Å². The van der Waals surface area contributed by atoms with Crippen LogP contribution in [0.15, 0.2) is 65.6 Å². The summed E-state index contributed by atoms with van der Waals surface area (Å²) in [5.74, 6) is 0.566. The van der Waals surface area contributed by atoms with E-state index in [9.17, 15) is 13.2 Å². The normalized spacial score (nSPS) is 11.3. The largest absolute Gasteiger partial charge is 0.497 e. The van der Waals surface area contributed by atoms with E-state index < -0.39 is 10.0 Å². The van der Waals surface area contributed by atoms with Gasteiger partial charge in [0, 0.05) is 19.2 Å². The predicted octanol–water partition coefficient (Wildman–Crippen LogP) is 3.29. The molecule has 1 amide bonds. The maximum Gasteiger partial charge on any atom is 0.240 e. The van der Waals surface area contributed by atoms with Crippen LogP contribution < -0.4 is 14.8 Å². The number of ether oxygens (including phenoxy) is 1. The fraction of sp³-hybridized carbons (Fsp3) is 0.150. The van der Waals surface area contributed by atoms with Crippen molar-refractivity contribution in [2.45, 2.75) is 18.4 Å². The Kier molecular flexibility index (Phi) is 5.43. The van der Waals surface area contributed by atoms with Crippen LogP contribution in [0, 0.1) is 0 Å². The highest BCUT2D eigenvalue weighted by atomic mass is 32.2. The Hall–Kier alpha value is -2.90. The molecule has 140 valence electrons. The molecule has 6 nitrogen and oxygen atoms in total. The zero-order chi connectivity index (χ0) is 19.4. The van der Waals surface area contributed by atoms with Crippen molar-refractivity contribution in [3.8, 4) is 5.75 Å². The number of amides is 1. The molecule has 3 aromatic rings. The van der Waals surface area contributed by atoms with Gasteiger partial charge >= 0.3 is 0 Å². The Labute approximate surface area is 158 Å². The lowest BCUT2D eigenvalue weighted by molar-refractivity contribution is -0.114. The van der Waals surface area contributed by atoms with E-state index in [0.717, 1.165) is 22.1 Å². The van der Waals surface area contributed by atoms with Gasteiger partial charge in [-0.3, -0.25) is 4.79 Å². The van der Waals surface area contributed by atoms with Crippen molar-refractivity contribution >= 4 is 32.4 Å². The number of methoxy groups -OCH3 is 1. The van der Waals surface area contributed by atoms with E-state index in [0.29, 0.717) is 5.69 Å². The average Bonchev–Trinajstić information content (AvgIpc) is 2.66. The lowest BCUT2D eigenvalue weighted by Crippen LogP contribution is -2.23. The molecule has 0 heterocycles. The highest BCUT2D eigenvalue weighted by Crippen LogP contribution is 2.22. The summed E-state index contributed by atoms with van der Waals surface area (Å²) in [6.45, 7) is 1.57. The second-order valence-corrected chi connectivity index (χ2v) is 7.84. The van der Waals surface area contributed by atoms with Crippen molar-refractivity contribution in [2.75, 3.05) is 12.4 Å². The van der Waals surface area contributed by atoms with Crippen LogP contribution in [0.3, 0.4) is 0 Å². The quantitative estimate of drug-likeness (QED) is 0.683. The average molecular weight is 384 g/mol. The third-order valence-electron chi connectivity index (χ3n) is 4.06. The number of anilines is 1. The Balaban J connectivity index is 1.72. The number of hydrogen-bond acceptors (Lipinski definition) is 4. The molecule has 0 atom stereocenters. The predicted molar refractivity (Wildman–Crippen MR) is 105 cm³/mol. The minimum atomic E-state index is -3.65. The molecule has 0 aromatic heterocycles. The third kappa shape index (κ3) is 4.64. The second kappa shape index (κ2) is 7.77. The molecule has 0 unspecified atom stereocenters. The van der Waals surface area contributed by atoms with Gasteiger partial charge in [0.1, 0.15) is 5.75 Å². The zero-order valence-electron chi connectivity index (χ0n) is 15.0. The van der Waals surface area contributed by atoms with E-state index in [1.807, 2.05) is 36.4 Å². The van der Waals surface area contributed by atoms with E-state index in [1.165, 1.54) is 19.1 Å². The molecule has 0 aliphatic heterocycles. The van der Waals surface area contributed by atoms with Gasteiger partial charge in [0.05, 0.1) is 12.0 Å². The number of carbonyl (C=O) groups excluding carboxylic acids is 1. The van der Waals surface area contributed by atoms with Crippen LogP contribution in [0.25, 0.3) is 10.8 Å². The van der Waals surface area contributed by atoms with Crippen LogP contribution in [0.4, 0.5) is 5.69 Å². The summed E-state index contributed by atoms with van der Waals surface area (Å²) in [6.07, 6.45) is 0. The topological polar surface area (TPSA) is 84.5 Å². The van der Waals surface area contributed by atoms with Crippen LogP contribution in [0.1, 0.15) is 12.5 Å². The van der Waals surface area contributed by atoms with Crippen molar-refractivity contribution in [3.63, 3.8) is 0 Å². The van der Waals surface area contributed by atoms with Crippen LogP contribution in [0.5, 0.6) is 5.75 Å². The first kappa shape index (κ1) is 18.9. The van der Waals surface area contributed by atoms with Crippen LogP contribution >= 0.6 is 0 Å². The van der Waals surface area contributed by atoms with E-state index in [-0.39, 0.29) is 17.3 Å². The maximum atomic E-state index is 12.5. The zero-order valence-corrected chi connectivity index (χ0v) is 15.8. The Bertz CT molecular complexity index is 1080. The molecule has 2 N–H and O–H groups in total. The summed E-state index contributed by atoms with van der Waals surface area (Å²) in [4.78, 5) is 11.2.